The SMILES string of the molecule is C1CCOC1.CCOC(=O)OCC. The summed E-state index contributed by atoms with van der Waals surface area (Å²) in [6.45, 7) is 6.21. The molecule has 0 aliphatic carbocycles. The molecule has 1 aliphatic rings. The number of rotatable bonds is 2. The van der Waals surface area contributed by atoms with Crippen LogP contribution in [0.3, 0.4) is 0 Å². The second kappa shape index (κ2) is 9.32. The fourth-order valence-corrected chi connectivity index (χ4v) is 0.788. The summed E-state index contributed by atoms with van der Waals surface area (Å²) in [7, 11) is 0. The average molecular weight is 190 g/mol. The standard InChI is InChI=1S/C5H10O3.C4H8O/c1-3-7-5(6)8-4-2;1-2-4-5-3-1/h3-4H2,1-2H3;1-4H2. The summed E-state index contributed by atoms with van der Waals surface area (Å²) in [5, 5.41) is 0. The van der Waals surface area contributed by atoms with E-state index >= 15 is 0 Å². The maximum Gasteiger partial charge on any atom is 0.508 e. The Labute approximate surface area is 79.2 Å². The van der Waals surface area contributed by atoms with Gasteiger partial charge in [0.1, 0.15) is 0 Å². The Hall–Kier alpha value is -0.770. The zero-order chi connectivity index (χ0) is 9.94. The second-order valence-corrected chi connectivity index (χ2v) is 2.44. The molecule has 0 aromatic heterocycles. The van der Waals surface area contributed by atoms with E-state index in [0.29, 0.717) is 13.2 Å². The van der Waals surface area contributed by atoms with Gasteiger partial charge in [-0.1, -0.05) is 0 Å². The van der Waals surface area contributed by atoms with Gasteiger partial charge in [-0.2, -0.15) is 0 Å². The van der Waals surface area contributed by atoms with Gasteiger partial charge in [-0.15, -0.1) is 0 Å². The first kappa shape index (κ1) is 12.2. The molecule has 0 atom stereocenters. The van der Waals surface area contributed by atoms with Gasteiger partial charge in [-0.25, -0.2) is 4.79 Å². The topological polar surface area (TPSA) is 44.8 Å². The minimum Gasteiger partial charge on any atom is -0.435 e. The molecule has 0 spiro atoms. The first-order valence-corrected chi connectivity index (χ1v) is 4.68. The zero-order valence-corrected chi connectivity index (χ0v) is 8.38. The highest BCUT2D eigenvalue weighted by atomic mass is 16.7. The molecule has 0 unspecified atom stereocenters. The molecular formula is C9H18O4. The monoisotopic (exact) mass is 190 g/mol. The quantitative estimate of drug-likeness (QED) is 0.624. The average Bonchev–Trinajstić information content (AvgIpc) is 2.61. The molecule has 0 N–H and O–H groups in total. The lowest BCUT2D eigenvalue weighted by Gasteiger charge is -1.98. The molecule has 1 fully saturated rings. The van der Waals surface area contributed by atoms with Crippen molar-refractivity contribution in [2.75, 3.05) is 26.4 Å². The molecule has 1 saturated heterocycles. The van der Waals surface area contributed by atoms with Crippen molar-refractivity contribution in [1.82, 2.24) is 0 Å². The van der Waals surface area contributed by atoms with Crippen molar-refractivity contribution >= 4 is 6.16 Å². The van der Waals surface area contributed by atoms with Crippen LogP contribution < -0.4 is 0 Å². The maximum absolute atomic E-state index is 10.2. The Morgan fingerprint density at radius 2 is 1.62 bits per heavy atom. The van der Waals surface area contributed by atoms with Gasteiger partial charge in [0, 0.05) is 13.2 Å². The minimum absolute atomic E-state index is 0.374. The third kappa shape index (κ3) is 9.14. The van der Waals surface area contributed by atoms with Crippen molar-refractivity contribution in [3.05, 3.63) is 0 Å². The second-order valence-electron chi connectivity index (χ2n) is 2.44. The first-order valence-electron chi connectivity index (χ1n) is 4.68. The van der Waals surface area contributed by atoms with E-state index in [1.54, 1.807) is 13.8 Å². The lowest BCUT2D eigenvalue weighted by atomic mass is 10.4. The van der Waals surface area contributed by atoms with Gasteiger partial charge in [0.25, 0.3) is 0 Å². The van der Waals surface area contributed by atoms with Crippen molar-refractivity contribution in [3.8, 4) is 0 Å². The van der Waals surface area contributed by atoms with Crippen molar-refractivity contribution in [3.63, 3.8) is 0 Å². The number of hydrogen-bond donors (Lipinski definition) is 0. The van der Waals surface area contributed by atoms with E-state index < -0.39 is 6.16 Å². The van der Waals surface area contributed by atoms with Crippen LogP contribution in [0.25, 0.3) is 0 Å². The van der Waals surface area contributed by atoms with Gasteiger partial charge in [0.15, 0.2) is 0 Å². The first-order chi connectivity index (χ1) is 6.31. The smallest absolute Gasteiger partial charge is 0.435 e. The molecule has 13 heavy (non-hydrogen) atoms. The molecular weight excluding hydrogens is 172 g/mol. The fourth-order valence-electron chi connectivity index (χ4n) is 0.788. The molecule has 0 aromatic carbocycles. The van der Waals surface area contributed by atoms with E-state index in [2.05, 4.69) is 9.47 Å². The van der Waals surface area contributed by atoms with Crippen LogP contribution in [0.2, 0.25) is 0 Å². The highest BCUT2D eigenvalue weighted by Crippen LogP contribution is 1.98. The van der Waals surface area contributed by atoms with Gasteiger partial charge in [-0.3, -0.25) is 0 Å². The van der Waals surface area contributed by atoms with Crippen LogP contribution >= 0.6 is 0 Å². The maximum atomic E-state index is 10.2. The normalized spacial score (nSPS) is 14.3. The Morgan fingerprint density at radius 3 is 1.85 bits per heavy atom. The van der Waals surface area contributed by atoms with Gasteiger partial charge in [0.2, 0.25) is 0 Å². The van der Waals surface area contributed by atoms with Crippen molar-refractivity contribution < 1.29 is 19.0 Å². The van der Waals surface area contributed by atoms with Crippen LogP contribution in [0.4, 0.5) is 4.79 Å². The zero-order valence-electron chi connectivity index (χ0n) is 8.38. The van der Waals surface area contributed by atoms with E-state index in [9.17, 15) is 4.79 Å². The molecule has 0 bridgehead atoms. The Morgan fingerprint density at radius 1 is 1.15 bits per heavy atom. The Balaban J connectivity index is 0.000000243. The molecule has 1 aliphatic heterocycles. The number of hydrogen-bond acceptors (Lipinski definition) is 4. The lowest BCUT2D eigenvalue weighted by Crippen LogP contribution is -2.05. The van der Waals surface area contributed by atoms with Crippen LogP contribution in [0.15, 0.2) is 0 Å². The highest BCUT2D eigenvalue weighted by Gasteiger charge is 1.96. The van der Waals surface area contributed by atoms with E-state index in [-0.39, 0.29) is 0 Å². The van der Waals surface area contributed by atoms with Crippen LogP contribution in [-0.4, -0.2) is 32.6 Å². The van der Waals surface area contributed by atoms with E-state index in [1.807, 2.05) is 0 Å². The third-order valence-corrected chi connectivity index (χ3v) is 1.35. The fraction of sp³-hybridized carbons (Fsp3) is 0.889. The molecule has 78 valence electrons. The van der Waals surface area contributed by atoms with Gasteiger partial charge in [-0.05, 0) is 26.7 Å². The van der Waals surface area contributed by atoms with Crippen LogP contribution in [0.5, 0.6) is 0 Å². The summed E-state index contributed by atoms with van der Waals surface area (Å²) >= 11 is 0. The summed E-state index contributed by atoms with van der Waals surface area (Å²) in [6.07, 6.45) is 1.97. The number of ether oxygens (including phenoxy) is 3. The van der Waals surface area contributed by atoms with Crippen LogP contribution in [0.1, 0.15) is 26.7 Å². The summed E-state index contributed by atoms with van der Waals surface area (Å²) in [6, 6.07) is 0. The molecule has 0 saturated carbocycles. The van der Waals surface area contributed by atoms with E-state index in [4.69, 9.17) is 4.74 Å². The summed E-state index contributed by atoms with van der Waals surface area (Å²) < 4.78 is 13.8. The van der Waals surface area contributed by atoms with Crippen molar-refractivity contribution in [2.24, 2.45) is 0 Å². The largest absolute Gasteiger partial charge is 0.508 e. The summed E-state index contributed by atoms with van der Waals surface area (Å²) in [5.41, 5.74) is 0. The summed E-state index contributed by atoms with van der Waals surface area (Å²) in [5.74, 6) is 0. The number of carbonyl (C=O) groups is 1. The molecule has 4 heteroatoms. The van der Waals surface area contributed by atoms with Gasteiger partial charge < -0.3 is 14.2 Å². The van der Waals surface area contributed by atoms with Gasteiger partial charge >= 0.3 is 6.16 Å². The number of carbonyl (C=O) groups excluding carboxylic acids is 1. The molecule has 4 nitrogen and oxygen atoms in total. The molecule has 0 amide bonds. The van der Waals surface area contributed by atoms with Gasteiger partial charge in [0.05, 0.1) is 13.2 Å². The molecule has 0 aromatic rings. The predicted molar refractivity (Wildman–Crippen MR) is 48.7 cm³/mol. The van der Waals surface area contributed by atoms with Crippen molar-refractivity contribution in [1.29, 1.82) is 0 Å². The third-order valence-electron chi connectivity index (χ3n) is 1.35. The molecule has 1 rings (SSSR count). The predicted octanol–water partition coefficient (Wildman–Crippen LogP) is 1.98. The molecule has 1 heterocycles. The highest BCUT2D eigenvalue weighted by molar-refractivity contribution is 5.59. The Bertz CT molecular complexity index is 105. The van der Waals surface area contributed by atoms with E-state index in [0.717, 1.165) is 13.2 Å². The van der Waals surface area contributed by atoms with Crippen LogP contribution in [-0.2, 0) is 14.2 Å². The van der Waals surface area contributed by atoms with E-state index in [1.165, 1.54) is 12.8 Å². The van der Waals surface area contributed by atoms with Crippen molar-refractivity contribution in [2.45, 2.75) is 26.7 Å². The van der Waals surface area contributed by atoms with Crippen LogP contribution in [0, 0.1) is 0 Å². The molecule has 0 radical (unpaired) electrons. The minimum atomic E-state index is -0.588. The Kier molecular flexibility index (Phi) is 8.77. The summed E-state index contributed by atoms with van der Waals surface area (Å²) in [4.78, 5) is 10.2. The lowest BCUT2D eigenvalue weighted by molar-refractivity contribution is 0.0630.